The van der Waals surface area contributed by atoms with Gasteiger partial charge >= 0.3 is 11.9 Å². The fourth-order valence-electron chi connectivity index (χ4n) is 4.24. The van der Waals surface area contributed by atoms with Gasteiger partial charge in [-0.2, -0.15) is 0 Å². The fourth-order valence-corrected chi connectivity index (χ4v) is 4.24. The number of methoxy groups -OCH3 is 1. The molecule has 0 radical (unpaired) electrons. The van der Waals surface area contributed by atoms with Gasteiger partial charge in [0.05, 0.1) is 31.4 Å². The Morgan fingerprint density at radius 2 is 1.74 bits per heavy atom. The van der Waals surface area contributed by atoms with Gasteiger partial charge in [0.1, 0.15) is 11.6 Å². The quantitative estimate of drug-likeness (QED) is 0.259. The number of aliphatic hydroxyl groups excluding tert-OH is 1. The second-order valence-electron chi connectivity index (χ2n) is 9.51. The third kappa shape index (κ3) is 7.14. The first-order valence-electron chi connectivity index (χ1n) is 12.3. The Bertz CT molecular complexity index is 1290. The molecule has 2 N–H and O–H groups in total. The van der Waals surface area contributed by atoms with Crippen LogP contribution in [0.4, 0.5) is 4.39 Å². The van der Waals surface area contributed by atoms with Crippen molar-refractivity contribution >= 4 is 11.9 Å². The summed E-state index contributed by atoms with van der Waals surface area (Å²) in [6.07, 6.45) is -0.600. The van der Waals surface area contributed by atoms with Crippen LogP contribution in [0, 0.1) is 5.82 Å². The van der Waals surface area contributed by atoms with Gasteiger partial charge in [-0.15, -0.1) is 0 Å². The summed E-state index contributed by atoms with van der Waals surface area (Å²) >= 11 is 0. The maximum atomic E-state index is 14.9. The number of aromatic nitrogens is 1. The summed E-state index contributed by atoms with van der Waals surface area (Å²) < 4.78 is 25.6. The Balaban J connectivity index is 1.99. The lowest BCUT2D eigenvalue weighted by molar-refractivity contribution is -0.139. The molecular formula is C29H33FN2O6. The van der Waals surface area contributed by atoms with Crippen molar-refractivity contribution < 1.29 is 33.7 Å². The number of hydrogen-bond donors (Lipinski definition) is 2. The number of nitrogens with zero attached hydrogens (tertiary/aromatic N) is 2. The van der Waals surface area contributed by atoms with Gasteiger partial charge in [0.25, 0.3) is 0 Å². The molecule has 0 amide bonds. The van der Waals surface area contributed by atoms with Crippen LogP contribution in [-0.4, -0.2) is 51.2 Å². The van der Waals surface area contributed by atoms with Crippen molar-refractivity contribution in [3.05, 3.63) is 77.2 Å². The van der Waals surface area contributed by atoms with Crippen LogP contribution in [0.25, 0.3) is 11.1 Å². The van der Waals surface area contributed by atoms with E-state index < -0.39 is 30.3 Å². The molecule has 9 heteroatoms. The molecule has 0 saturated carbocycles. The van der Waals surface area contributed by atoms with Gasteiger partial charge in [0.2, 0.25) is 5.88 Å². The number of hydrogen-bond acceptors (Lipinski definition) is 7. The molecule has 0 aliphatic heterocycles. The number of carbonyl (C=O) groups excluding carboxylic acids is 1. The van der Waals surface area contributed by atoms with Crippen LogP contribution < -0.4 is 9.47 Å². The number of halogens is 1. The zero-order valence-electron chi connectivity index (χ0n) is 22.1. The van der Waals surface area contributed by atoms with Gasteiger partial charge in [0, 0.05) is 30.3 Å². The van der Waals surface area contributed by atoms with Gasteiger partial charge < -0.3 is 19.7 Å². The summed E-state index contributed by atoms with van der Waals surface area (Å²) in [7, 11) is 1.46. The second-order valence-corrected chi connectivity index (χ2v) is 9.51. The van der Waals surface area contributed by atoms with Crippen molar-refractivity contribution in [2.24, 2.45) is 0 Å². The first kappa shape index (κ1) is 28.7. The van der Waals surface area contributed by atoms with Gasteiger partial charge in [-0.1, -0.05) is 18.2 Å². The molecule has 202 valence electrons. The van der Waals surface area contributed by atoms with Crippen LogP contribution in [0.3, 0.4) is 0 Å². The van der Waals surface area contributed by atoms with Crippen LogP contribution in [-0.2, 0) is 11.3 Å². The van der Waals surface area contributed by atoms with E-state index in [1.807, 2.05) is 0 Å². The standard InChI is InChI=1S/C29H33FN2O6/c1-17(2)32(18(3)4)16-21-11-20(9-10-23(21)24-13-27(37-5)31-15-25(24)30)29(36)38-22-8-6-7-19(12-22)26(33)14-28(34)35/h6-13,15,17-18,26,33H,14,16H2,1-5H3,(H,34,35)/t26-/m1/s1. The highest BCUT2D eigenvalue weighted by molar-refractivity contribution is 5.92. The van der Waals surface area contributed by atoms with Crippen LogP contribution >= 0.6 is 0 Å². The number of benzene rings is 2. The zero-order chi connectivity index (χ0) is 28.0. The number of rotatable bonds is 11. The molecule has 38 heavy (non-hydrogen) atoms. The van der Waals surface area contributed by atoms with E-state index in [2.05, 4.69) is 37.6 Å². The average molecular weight is 525 g/mol. The molecule has 0 aliphatic carbocycles. The van der Waals surface area contributed by atoms with E-state index in [4.69, 9.17) is 14.6 Å². The maximum absolute atomic E-state index is 14.9. The molecule has 0 fully saturated rings. The Hall–Kier alpha value is -3.82. The smallest absolute Gasteiger partial charge is 0.343 e. The Morgan fingerprint density at radius 1 is 1.03 bits per heavy atom. The summed E-state index contributed by atoms with van der Waals surface area (Å²) in [5.74, 6) is -1.87. The highest BCUT2D eigenvalue weighted by Gasteiger charge is 2.21. The van der Waals surface area contributed by atoms with E-state index in [0.717, 1.165) is 11.8 Å². The number of aliphatic hydroxyl groups is 1. The summed E-state index contributed by atoms with van der Waals surface area (Å²) in [6, 6.07) is 12.9. The highest BCUT2D eigenvalue weighted by Crippen LogP contribution is 2.31. The Labute approximate surface area is 221 Å². The first-order valence-corrected chi connectivity index (χ1v) is 12.3. The fraction of sp³-hybridized carbons (Fsp3) is 0.345. The molecule has 1 atom stereocenters. The minimum absolute atomic E-state index is 0.165. The Kier molecular flexibility index (Phi) is 9.55. The predicted octanol–water partition coefficient (Wildman–Crippen LogP) is 5.24. The lowest BCUT2D eigenvalue weighted by Crippen LogP contribution is -2.36. The largest absolute Gasteiger partial charge is 0.481 e. The van der Waals surface area contributed by atoms with E-state index in [1.54, 1.807) is 36.4 Å². The van der Waals surface area contributed by atoms with Crippen LogP contribution in [0.1, 0.15) is 61.7 Å². The molecule has 1 aromatic heterocycles. The van der Waals surface area contributed by atoms with Crippen molar-refractivity contribution in [2.75, 3.05) is 7.11 Å². The molecule has 0 unspecified atom stereocenters. The molecule has 8 nitrogen and oxygen atoms in total. The molecule has 3 aromatic rings. The van der Waals surface area contributed by atoms with Crippen LogP contribution in [0.5, 0.6) is 11.6 Å². The van der Waals surface area contributed by atoms with Crippen molar-refractivity contribution in [3.63, 3.8) is 0 Å². The van der Waals surface area contributed by atoms with Crippen molar-refractivity contribution in [1.29, 1.82) is 0 Å². The van der Waals surface area contributed by atoms with Gasteiger partial charge in [-0.05, 0) is 68.7 Å². The summed E-state index contributed by atoms with van der Waals surface area (Å²) in [5.41, 5.74) is 2.21. The van der Waals surface area contributed by atoms with E-state index >= 15 is 0 Å². The van der Waals surface area contributed by atoms with Crippen LogP contribution in [0.15, 0.2) is 54.7 Å². The lowest BCUT2D eigenvalue weighted by Gasteiger charge is -2.31. The van der Waals surface area contributed by atoms with E-state index in [1.165, 1.54) is 19.2 Å². The van der Waals surface area contributed by atoms with E-state index in [9.17, 15) is 19.1 Å². The number of esters is 1. The molecule has 3 rings (SSSR count). The third-order valence-corrected chi connectivity index (χ3v) is 6.17. The minimum atomic E-state index is -1.23. The number of pyridine rings is 1. The number of carboxylic acids is 1. The normalized spacial score (nSPS) is 12.2. The highest BCUT2D eigenvalue weighted by atomic mass is 19.1. The second kappa shape index (κ2) is 12.6. The summed E-state index contributed by atoms with van der Waals surface area (Å²) in [4.78, 5) is 30.2. The van der Waals surface area contributed by atoms with Crippen molar-refractivity contribution in [1.82, 2.24) is 9.88 Å². The third-order valence-electron chi connectivity index (χ3n) is 6.17. The first-order chi connectivity index (χ1) is 18.0. The maximum Gasteiger partial charge on any atom is 0.343 e. The van der Waals surface area contributed by atoms with Crippen molar-refractivity contribution in [3.8, 4) is 22.8 Å². The Morgan fingerprint density at radius 3 is 2.37 bits per heavy atom. The van der Waals surface area contributed by atoms with E-state index in [-0.39, 0.29) is 29.3 Å². The number of carboxylic acid groups (broad SMARTS) is 1. The number of aliphatic carboxylic acids is 1. The molecular weight excluding hydrogens is 491 g/mol. The molecule has 1 heterocycles. The topological polar surface area (TPSA) is 109 Å². The van der Waals surface area contributed by atoms with Gasteiger partial charge in [-0.25, -0.2) is 14.2 Å². The molecule has 0 bridgehead atoms. The van der Waals surface area contributed by atoms with Crippen LogP contribution in [0.2, 0.25) is 0 Å². The average Bonchev–Trinajstić information content (AvgIpc) is 2.87. The molecule has 0 aliphatic rings. The predicted molar refractivity (Wildman–Crippen MR) is 141 cm³/mol. The molecule has 0 saturated heterocycles. The summed E-state index contributed by atoms with van der Waals surface area (Å²) in [6.45, 7) is 8.73. The summed E-state index contributed by atoms with van der Waals surface area (Å²) in [5, 5.41) is 19.0. The monoisotopic (exact) mass is 524 g/mol. The van der Waals surface area contributed by atoms with E-state index in [0.29, 0.717) is 23.2 Å². The zero-order valence-corrected chi connectivity index (χ0v) is 22.1. The molecule has 0 spiro atoms. The lowest BCUT2D eigenvalue weighted by atomic mass is 9.96. The number of ether oxygens (including phenoxy) is 2. The van der Waals surface area contributed by atoms with Gasteiger partial charge in [0.15, 0.2) is 0 Å². The SMILES string of the molecule is COc1cc(-c2ccc(C(=O)Oc3cccc([C@H](O)CC(=O)O)c3)cc2CN(C(C)C)C(C)C)c(F)cn1. The molecule has 2 aromatic carbocycles. The number of carbonyl (C=O) groups is 2. The van der Waals surface area contributed by atoms with Crippen molar-refractivity contribution in [2.45, 2.75) is 58.8 Å². The minimum Gasteiger partial charge on any atom is -0.481 e. The van der Waals surface area contributed by atoms with Gasteiger partial charge in [-0.3, -0.25) is 9.69 Å².